The van der Waals surface area contributed by atoms with E-state index in [0.717, 1.165) is 25.7 Å². The molecule has 1 fully saturated rings. The van der Waals surface area contributed by atoms with E-state index in [1.54, 1.807) is 0 Å². The molecule has 4 heteroatoms. The van der Waals surface area contributed by atoms with Crippen LogP contribution in [-0.2, 0) is 9.59 Å². The van der Waals surface area contributed by atoms with Crippen molar-refractivity contribution in [3.63, 3.8) is 0 Å². The fourth-order valence-electron chi connectivity index (χ4n) is 1.89. The van der Waals surface area contributed by atoms with Crippen LogP contribution in [0.2, 0.25) is 0 Å². The molecule has 1 unspecified atom stereocenters. The van der Waals surface area contributed by atoms with Crippen molar-refractivity contribution in [2.24, 2.45) is 11.8 Å². The van der Waals surface area contributed by atoms with E-state index in [0.29, 0.717) is 0 Å². The van der Waals surface area contributed by atoms with E-state index in [1.165, 1.54) is 6.92 Å². The Hall–Kier alpha value is -0.800. The summed E-state index contributed by atoms with van der Waals surface area (Å²) >= 11 is 0. The highest BCUT2D eigenvalue weighted by molar-refractivity contribution is 6.04. The number of carbonyl (C=O) groups is 2. The standard InChI is InChI=1S/C10H14F2O2/c1-6(9(14)10(11)12)8(13)7-4-2-3-5-7/h6-7,10H,2-5H2,1H3. The lowest BCUT2D eigenvalue weighted by Crippen LogP contribution is -2.30. The molecule has 14 heavy (non-hydrogen) atoms. The molecule has 1 saturated carbocycles. The summed E-state index contributed by atoms with van der Waals surface area (Å²) in [4.78, 5) is 22.4. The molecule has 2 nitrogen and oxygen atoms in total. The highest BCUT2D eigenvalue weighted by atomic mass is 19.3. The minimum Gasteiger partial charge on any atom is -0.299 e. The quantitative estimate of drug-likeness (QED) is 0.658. The van der Waals surface area contributed by atoms with Gasteiger partial charge in [-0.25, -0.2) is 8.78 Å². The van der Waals surface area contributed by atoms with Crippen molar-refractivity contribution in [3.05, 3.63) is 0 Å². The maximum absolute atomic E-state index is 12.0. The van der Waals surface area contributed by atoms with Gasteiger partial charge in [-0.15, -0.1) is 0 Å². The smallest absolute Gasteiger partial charge is 0.296 e. The molecule has 80 valence electrons. The number of alkyl halides is 2. The largest absolute Gasteiger partial charge is 0.299 e. The van der Waals surface area contributed by atoms with Gasteiger partial charge in [0, 0.05) is 5.92 Å². The molecule has 0 saturated heterocycles. The molecule has 0 amide bonds. The van der Waals surface area contributed by atoms with E-state index < -0.39 is 18.1 Å². The number of halogens is 2. The van der Waals surface area contributed by atoms with E-state index in [9.17, 15) is 18.4 Å². The van der Waals surface area contributed by atoms with Crippen molar-refractivity contribution in [2.75, 3.05) is 0 Å². The fraction of sp³-hybridized carbons (Fsp3) is 0.800. The van der Waals surface area contributed by atoms with Crippen LogP contribution in [0.5, 0.6) is 0 Å². The van der Waals surface area contributed by atoms with Crippen molar-refractivity contribution < 1.29 is 18.4 Å². The van der Waals surface area contributed by atoms with Crippen LogP contribution in [-0.4, -0.2) is 18.0 Å². The van der Waals surface area contributed by atoms with Gasteiger partial charge < -0.3 is 0 Å². The highest BCUT2D eigenvalue weighted by Crippen LogP contribution is 2.28. The lowest BCUT2D eigenvalue weighted by atomic mass is 9.90. The zero-order valence-electron chi connectivity index (χ0n) is 8.13. The molecule has 1 aliphatic carbocycles. The average molecular weight is 204 g/mol. The van der Waals surface area contributed by atoms with Crippen LogP contribution in [0.1, 0.15) is 32.6 Å². The Kier molecular flexibility index (Phi) is 3.72. The van der Waals surface area contributed by atoms with Crippen LogP contribution < -0.4 is 0 Å². The number of carbonyl (C=O) groups excluding carboxylic acids is 2. The predicted molar refractivity (Wildman–Crippen MR) is 47.1 cm³/mol. The van der Waals surface area contributed by atoms with Crippen LogP contribution in [0.4, 0.5) is 8.78 Å². The lowest BCUT2D eigenvalue weighted by molar-refractivity contribution is -0.140. The molecule has 0 spiro atoms. The molecular formula is C10H14F2O2. The van der Waals surface area contributed by atoms with Crippen LogP contribution >= 0.6 is 0 Å². The Morgan fingerprint density at radius 3 is 2.14 bits per heavy atom. The third-order valence-electron chi connectivity index (χ3n) is 2.83. The first-order chi connectivity index (χ1) is 6.54. The number of hydrogen-bond acceptors (Lipinski definition) is 2. The molecule has 1 aliphatic rings. The Balaban J connectivity index is 2.55. The minimum atomic E-state index is -3.02. The highest BCUT2D eigenvalue weighted by Gasteiger charge is 2.33. The molecule has 1 atom stereocenters. The SMILES string of the molecule is CC(C(=O)C(F)F)C(=O)C1CCCC1. The van der Waals surface area contributed by atoms with Crippen molar-refractivity contribution in [2.45, 2.75) is 39.0 Å². The first kappa shape index (κ1) is 11.3. The molecule has 0 radical (unpaired) electrons. The molecule has 0 aliphatic heterocycles. The molecule has 0 aromatic heterocycles. The number of rotatable bonds is 4. The van der Waals surface area contributed by atoms with Crippen molar-refractivity contribution >= 4 is 11.6 Å². The normalized spacial score (nSPS) is 20.0. The maximum atomic E-state index is 12.0. The number of ketones is 2. The zero-order valence-corrected chi connectivity index (χ0v) is 8.13. The van der Waals surface area contributed by atoms with Gasteiger partial charge in [0.25, 0.3) is 6.43 Å². The van der Waals surface area contributed by atoms with Gasteiger partial charge in [-0.05, 0) is 19.8 Å². The average Bonchev–Trinajstić information content (AvgIpc) is 2.67. The van der Waals surface area contributed by atoms with E-state index in [1.807, 2.05) is 0 Å². The Bertz CT molecular complexity index is 232. The van der Waals surface area contributed by atoms with Gasteiger partial charge in [0.1, 0.15) is 5.78 Å². The monoisotopic (exact) mass is 204 g/mol. The van der Waals surface area contributed by atoms with Gasteiger partial charge in [-0.2, -0.15) is 0 Å². The van der Waals surface area contributed by atoms with E-state index in [4.69, 9.17) is 0 Å². The van der Waals surface area contributed by atoms with E-state index in [2.05, 4.69) is 0 Å². The van der Waals surface area contributed by atoms with Crippen molar-refractivity contribution in [1.29, 1.82) is 0 Å². The number of Topliss-reactive ketones (excluding diaryl/α,β-unsaturated/α-hetero) is 2. The fourth-order valence-corrected chi connectivity index (χ4v) is 1.89. The van der Waals surface area contributed by atoms with E-state index in [-0.39, 0.29) is 11.7 Å². The second-order valence-electron chi connectivity index (χ2n) is 3.81. The maximum Gasteiger partial charge on any atom is 0.296 e. The summed E-state index contributed by atoms with van der Waals surface area (Å²) < 4.78 is 24.0. The second kappa shape index (κ2) is 4.62. The molecular weight excluding hydrogens is 190 g/mol. The van der Waals surface area contributed by atoms with Crippen molar-refractivity contribution in [1.82, 2.24) is 0 Å². The van der Waals surface area contributed by atoms with Gasteiger partial charge >= 0.3 is 0 Å². The Morgan fingerprint density at radius 2 is 1.71 bits per heavy atom. The topological polar surface area (TPSA) is 34.1 Å². The summed E-state index contributed by atoms with van der Waals surface area (Å²) in [5.74, 6) is -2.82. The third kappa shape index (κ3) is 2.36. The zero-order chi connectivity index (χ0) is 10.7. The van der Waals surface area contributed by atoms with Gasteiger partial charge in [0.05, 0.1) is 5.92 Å². The van der Waals surface area contributed by atoms with Gasteiger partial charge in [0.15, 0.2) is 0 Å². The Morgan fingerprint density at radius 1 is 1.21 bits per heavy atom. The predicted octanol–water partition coefficient (Wildman–Crippen LogP) is 2.22. The van der Waals surface area contributed by atoms with Gasteiger partial charge in [0.2, 0.25) is 5.78 Å². The summed E-state index contributed by atoms with van der Waals surface area (Å²) in [5.41, 5.74) is 0. The van der Waals surface area contributed by atoms with Gasteiger partial charge in [-0.3, -0.25) is 9.59 Å². The molecule has 0 bridgehead atoms. The van der Waals surface area contributed by atoms with Crippen LogP contribution in [0.3, 0.4) is 0 Å². The first-order valence-electron chi connectivity index (χ1n) is 4.89. The summed E-state index contributed by atoms with van der Waals surface area (Å²) in [6.07, 6.45) is 0.410. The molecule has 1 rings (SSSR count). The molecule has 0 N–H and O–H groups in total. The Labute approximate surface area is 81.7 Å². The first-order valence-corrected chi connectivity index (χ1v) is 4.89. The number of hydrogen-bond donors (Lipinski definition) is 0. The second-order valence-corrected chi connectivity index (χ2v) is 3.81. The van der Waals surface area contributed by atoms with Crippen LogP contribution in [0.15, 0.2) is 0 Å². The summed E-state index contributed by atoms with van der Waals surface area (Å²) in [5, 5.41) is 0. The van der Waals surface area contributed by atoms with Gasteiger partial charge in [-0.1, -0.05) is 12.8 Å². The third-order valence-corrected chi connectivity index (χ3v) is 2.83. The summed E-state index contributed by atoms with van der Waals surface area (Å²) in [6.45, 7) is 1.29. The lowest BCUT2D eigenvalue weighted by Gasteiger charge is -2.13. The molecule has 0 aromatic carbocycles. The minimum absolute atomic E-state index is 0.160. The van der Waals surface area contributed by atoms with Crippen molar-refractivity contribution in [3.8, 4) is 0 Å². The van der Waals surface area contributed by atoms with E-state index >= 15 is 0 Å². The molecule has 0 heterocycles. The van der Waals surface area contributed by atoms with Crippen LogP contribution in [0, 0.1) is 11.8 Å². The molecule has 0 aromatic rings. The summed E-state index contributed by atoms with van der Waals surface area (Å²) in [7, 11) is 0. The van der Waals surface area contributed by atoms with Crippen LogP contribution in [0.25, 0.3) is 0 Å². The summed E-state index contributed by atoms with van der Waals surface area (Å²) in [6, 6.07) is 0.